The van der Waals surface area contributed by atoms with E-state index in [9.17, 15) is 13.2 Å². The number of likely N-dealkylation sites (N-methyl/N-ethyl adjacent to an activating group) is 2. The summed E-state index contributed by atoms with van der Waals surface area (Å²) in [5.41, 5.74) is 0.404. The Morgan fingerprint density at radius 3 is 2.88 bits per heavy atom. The molecule has 0 aromatic heterocycles. The fraction of sp³-hybridized carbons (Fsp3) is 0.588. The molecule has 1 heterocycles. The minimum Gasteiger partial charge on any atom is -0.384 e. The molecule has 0 bridgehead atoms. The molecule has 25 heavy (non-hydrogen) atoms. The van der Waals surface area contributed by atoms with E-state index in [4.69, 9.17) is 4.74 Å². The van der Waals surface area contributed by atoms with Crippen LogP contribution in [-0.2, 0) is 14.8 Å². The van der Waals surface area contributed by atoms with Gasteiger partial charge in [0.25, 0.3) is 5.91 Å². The highest BCUT2D eigenvalue weighted by atomic mass is 32.2. The molecule has 1 aliphatic heterocycles. The molecule has 7 nitrogen and oxygen atoms in total. The number of rotatable bonds is 8. The minimum atomic E-state index is -3.61. The molecular weight excluding hydrogens is 342 g/mol. The number of methoxy groups -OCH3 is 1. The molecule has 0 aliphatic carbocycles. The first-order chi connectivity index (χ1) is 11.9. The van der Waals surface area contributed by atoms with Crippen LogP contribution in [0, 0.1) is 5.92 Å². The van der Waals surface area contributed by atoms with E-state index in [0.717, 1.165) is 6.42 Å². The Hall–Kier alpha value is -1.48. The highest BCUT2D eigenvalue weighted by Crippen LogP contribution is 2.21. The lowest BCUT2D eigenvalue weighted by Gasteiger charge is -2.19. The van der Waals surface area contributed by atoms with E-state index in [0.29, 0.717) is 44.3 Å². The SMILES string of the molecule is CNCCN(C)S(=O)(=O)c1cccc(C(=O)N2CC[C@@H](COC)C2)c1. The van der Waals surface area contributed by atoms with Gasteiger partial charge in [-0.2, -0.15) is 4.31 Å². The van der Waals surface area contributed by atoms with Gasteiger partial charge in [0.15, 0.2) is 0 Å². The summed E-state index contributed by atoms with van der Waals surface area (Å²) < 4.78 is 31.7. The summed E-state index contributed by atoms with van der Waals surface area (Å²) in [4.78, 5) is 14.6. The third-order valence-electron chi connectivity index (χ3n) is 4.44. The van der Waals surface area contributed by atoms with E-state index < -0.39 is 10.0 Å². The van der Waals surface area contributed by atoms with Gasteiger partial charge in [-0.05, 0) is 31.7 Å². The zero-order valence-electron chi connectivity index (χ0n) is 15.1. The van der Waals surface area contributed by atoms with Crippen LogP contribution in [0.3, 0.4) is 0 Å². The number of likely N-dealkylation sites (tertiary alicyclic amines) is 1. The highest BCUT2D eigenvalue weighted by Gasteiger charge is 2.28. The summed E-state index contributed by atoms with van der Waals surface area (Å²) in [7, 11) is 1.36. The lowest BCUT2D eigenvalue weighted by Crippen LogP contribution is -2.33. The van der Waals surface area contributed by atoms with Gasteiger partial charge in [-0.15, -0.1) is 0 Å². The second-order valence-corrected chi connectivity index (χ2v) is 8.36. The molecule has 0 spiro atoms. The second kappa shape index (κ2) is 8.75. The molecular formula is C17H27N3O4S. The normalized spacial score (nSPS) is 18.1. The largest absolute Gasteiger partial charge is 0.384 e. The van der Waals surface area contributed by atoms with Crippen LogP contribution in [-0.4, -0.2) is 77.5 Å². The summed E-state index contributed by atoms with van der Waals surface area (Å²) in [6.45, 7) is 2.87. The van der Waals surface area contributed by atoms with Crippen molar-refractivity contribution in [3.05, 3.63) is 29.8 Å². The molecule has 0 unspecified atom stereocenters. The van der Waals surface area contributed by atoms with Gasteiger partial charge in [-0.1, -0.05) is 6.07 Å². The zero-order valence-corrected chi connectivity index (χ0v) is 15.9. The number of carbonyl (C=O) groups excluding carboxylic acids is 1. The van der Waals surface area contributed by atoms with E-state index in [1.807, 2.05) is 0 Å². The Kier molecular flexibility index (Phi) is 6.95. The van der Waals surface area contributed by atoms with Crippen LogP contribution >= 0.6 is 0 Å². The van der Waals surface area contributed by atoms with Crippen LogP contribution in [0.5, 0.6) is 0 Å². The maximum absolute atomic E-state index is 12.7. The summed E-state index contributed by atoms with van der Waals surface area (Å²) in [6, 6.07) is 6.28. The first-order valence-corrected chi connectivity index (χ1v) is 9.83. The van der Waals surface area contributed by atoms with Crippen LogP contribution in [0.1, 0.15) is 16.8 Å². The molecule has 1 atom stereocenters. The summed E-state index contributed by atoms with van der Waals surface area (Å²) in [5, 5.41) is 2.93. The first kappa shape index (κ1) is 19.8. The monoisotopic (exact) mass is 369 g/mol. The molecule has 1 aromatic carbocycles. The lowest BCUT2D eigenvalue weighted by atomic mass is 10.1. The van der Waals surface area contributed by atoms with Crippen molar-refractivity contribution in [3.63, 3.8) is 0 Å². The molecule has 0 saturated carbocycles. The second-order valence-electron chi connectivity index (χ2n) is 6.32. The Labute approximate surface area is 150 Å². The number of nitrogens with one attached hydrogen (secondary N) is 1. The first-order valence-electron chi connectivity index (χ1n) is 8.39. The van der Waals surface area contributed by atoms with Crippen molar-refractivity contribution in [1.82, 2.24) is 14.5 Å². The van der Waals surface area contributed by atoms with Crippen molar-refractivity contribution in [1.29, 1.82) is 0 Å². The molecule has 1 N–H and O–H groups in total. The minimum absolute atomic E-state index is 0.131. The quantitative estimate of drug-likeness (QED) is 0.727. The van der Waals surface area contributed by atoms with Crippen LogP contribution in [0.25, 0.3) is 0 Å². The topological polar surface area (TPSA) is 79.0 Å². The Morgan fingerprint density at radius 1 is 1.44 bits per heavy atom. The predicted molar refractivity (Wildman–Crippen MR) is 96.1 cm³/mol. The lowest BCUT2D eigenvalue weighted by molar-refractivity contribution is 0.0775. The Morgan fingerprint density at radius 2 is 2.20 bits per heavy atom. The number of benzene rings is 1. The highest BCUT2D eigenvalue weighted by molar-refractivity contribution is 7.89. The number of ether oxygens (including phenoxy) is 1. The fourth-order valence-electron chi connectivity index (χ4n) is 2.93. The van der Waals surface area contributed by atoms with Crippen LogP contribution in [0.2, 0.25) is 0 Å². The van der Waals surface area contributed by atoms with E-state index in [2.05, 4.69) is 5.32 Å². The smallest absolute Gasteiger partial charge is 0.253 e. The standard InChI is InChI=1S/C17H27N3O4S/c1-18-8-10-19(2)25(22,23)16-6-4-5-15(11-16)17(21)20-9-7-14(12-20)13-24-3/h4-6,11,14,18H,7-10,12-13H2,1-3H3/t14-/m1/s1. The summed E-state index contributed by atoms with van der Waals surface area (Å²) in [6.07, 6.45) is 0.907. The van der Waals surface area contributed by atoms with Crippen molar-refractivity contribution in [2.45, 2.75) is 11.3 Å². The van der Waals surface area contributed by atoms with Gasteiger partial charge in [0.05, 0.1) is 11.5 Å². The van der Waals surface area contributed by atoms with Gasteiger partial charge in [0.2, 0.25) is 10.0 Å². The number of carbonyl (C=O) groups is 1. The van der Waals surface area contributed by atoms with Gasteiger partial charge in [0, 0.05) is 51.8 Å². The molecule has 1 fully saturated rings. The van der Waals surface area contributed by atoms with Crippen LogP contribution in [0.4, 0.5) is 0 Å². The molecule has 1 saturated heterocycles. The third-order valence-corrected chi connectivity index (χ3v) is 6.29. The number of hydrogen-bond donors (Lipinski definition) is 1. The van der Waals surface area contributed by atoms with Gasteiger partial charge in [-0.25, -0.2) is 8.42 Å². The Balaban J connectivity index is 2.14. The van der Waals surface area contributed by atoms with E-state index in [1.165, 1.54) is 23.5 Å². The molecule has 140 valence electrons. The number of hydrogen-bond acceptors (Lipinski definition) is 5. The molecule has 1 aliphatic rings. The molecule has 2 rings (SSSR count). The molecule has 0 radical (unpaired) electrons. The molecule has 1 amide bonds. The van der Waals surface area contributed by atoms with Gasteiger partial charge >= 0.3 is 0 Å². The summed E-state index contributed by atoms with van der Waals surface area (Å²) in [5.74, 6) is 0.210. The van der Waals surface area contributed by atoms with Crippen molar-refractivity contribution in [3.8, 4) is 0 Å². The molecule has 8 heteroatoms. The molecule has 1 aromatic rings. The fourth-order valence-corrected chi connectivity index (χ4v) is 4.15. The number of amides is 1. The summed E-state index contributed by atoms with van der Waals surface area (Å²) >= 11 is 0. The van der Waals surface area contributed by atoms with Crippen molar-refractivity contribution >= 4 is 15.9 Å². The zero-order chi connectivity index (χ0) is 18.4. The number of sulfonamides is 1. The van der Waals surface area contributed by atoms with Crippen LogP contribution in [0.15, 0.2) is 29.2 Å². The van der Waals surface area contributed by atoms with E-state index in [1.54, 1.807) is 31.2 Å². The van der Waals surface area contributed by atoms with E-state index in [-0.39, 0.29) is 10.8 Å². The Bertz CT molecular complexity index is 693. The maximum Gasteiger partial charge on any atom is 0.253 e. The van der Waals surface area contributed by atoms with Crippen molar-refractivity contribution in [2.24, 2.45) is 5.92 Å². The third kappa shape index (κ3) is 4.78. The van der Waals surface area contributed by atoms with E-state index >= 15 is 0 Å². The maximum atomic E-state index is 12.7. The average molecular weight is 369 g/mol. The van der Waals surface area contributed by atoms with Crippen LogP contribution < -0.4 is 5.32 Å². The van der Waals surface area contributed by atoms with Gasteiger partial charge in [-0.3, -0.25) is 4.79 Å². The predicted octanol–water partition coefficient (Wildman–Crippen LogP) is 0.635. The average Bonchev–Trinajstić information content (AvgIpc) is 3.08. The van der Waals surface area contributed by atoms with Crippen molar-refractivity contribution in [2.75, 3.05) is 54.0 Å². The van der Waals surface area contributed by atoms with Gasteiger partial charge in [0.1, 0.15) is 0 Å². The van der Waals surface area contributed by atoms with Gasteiger partial charge < -0.3 is 15.0 Å². The number of nitrogens with zero attached hydrogens (tertiary/aromatic N) is 2. The van der Waals surface area contributed by atoms with Crippen molar-refractivity contribution < 1.29 is 17.9 Å².